The number of methoxy groups -OCH3 is 1. The van der Waals surface area contributed by atoms with E-state index in [0.717, 1.165) is 32.1 Å². The van der Waals surface area contributed by atoms with Crippen molar-refractivity contribution in [2.45, 2.75) is 70.1 Å². The van der Waals surface area contributed by atoms with Crippen LogP contribution in [0.3, 0.4) is 0 Å². The van der Waals surface area contributed by atoms with Gasteiger partial charge in [-0.3, -0.25) is 14.5 Å². The van der Waals surface area contributed by atoms with Crippen LogP contribution in [0.5, 0.6) is 5.75 Å². The van der Waals surface area contributed by atoms with Crippen LogP contribution in [0.15, 0.2) is 12.1 Å². The summed E-state index contributed by atoms with van der Waals surface area (Å²) in [6.07, 6.45) is 4.78. The minimum Gasteiger partial charge on any atom is -0.496 e. The van der Waals surface area contributed by atoms with E-state index in [1.807, 2.05) is 13.8 Å². The number of ether oxygens (including phenoxy) is 2. The molecule has 2 heterocycles. The van der Waals surface area contributed by atoms with E-state index in [9.17, 15) is 9.59 Å². The van der Waals surface area contributed by atoms with Crippen molar-refractivity contribution >= 4 is 29.2 Å². The number of benzene rings is 1. The van der Waals surface area contributed by atoms with E-state index < -0.39 is 0 Å². The first kappa shape index (κ1) is 21.7. The maximum absolute atomic E-state index is 12.9. The third-order valence-electron chi connectivity index (χ3n) is 6.00. The molecule has 3 rings (SSSR count). The highest BCUT2D eigenvalue weighted by Crippen LogP contribution is 2.36. The van der Waals surface area contributed by atoms with Crippen molar-refractivity contribution in [3.63, 3.8) is 0 Å². The lowest BCUT2D eigenvalue weighted by molar-refractivity contribution is -0.153. The maximum atomic E-state index is 12.9. The number of fused-ring (bicyclic) bond motifs is 2. The number of nitrogen functional groups attached to an aromatic ring is 1. The number of carbonyl (C=O) groups excluding carboxylic acids is 2. The number of rotatable bonds is 6. The average molecular weight is 424 g/mol. The van der Waals surface area contributed by atoms with Gasteiger partial charge in [0.25, 0.3) is 5.91 Å². The summed E-state index contributed by atoms with van der Waals surface area (Å²) < 4.78 is 10.5. The number of piperidine rings is 2. The topological polar surface area (TPSA) is 93.9 Å². The first-order valence-corrected chi connectivity index (χ1v) is 10.6. The van der Waals surface area contributed by atoms with Crippen molar-refractivity contribution in [2.24, 2.45) is 0 Å². The predicted octanol–water partition coefficient (Wildman–Crippen LogP) is 3.00. The van der Waals surface area contributed by atoms with Crippen LogP contribution in [-0.4, -0.2) is 54.7 Å². The molecule has 7 nitrogen and oxygen atoms in total. The van der Waals surface area contributed by atoms with Gasteiger partial charge in [-0.25, -0.2) is 0 Å². The third-order valence-corrected chi connectivity index (χ3v) is 6.33. The molecule has 160 valence electrons. The molecule has 0 saturated carbocycles. The first-order chi connectivity index (χ1) is 13.8. The van der Waals surface area contributed by atoms with Crippen molar-refractivity contribution < 1.29 is 19.1 Å². The number of anilines is 1. The lowest BCUT2D eigenvalue weighted by Crippen LogP contribution is -2.61. The summed E-state index contributed by atoms with van der Waals surface area (Å²) in [6, 6.07) is 3.38. The van der Waals surface area contributed by atoms with Crippen LogP contribution in [0.1, 0.15) is 56.3 Å². The smallest absolute Gasteiger partial charge is 0.323 e. The van der Waals surface area contributed by atoms with E-state index in [1.54, 1.807) is 12.1 Å². The molecule has 2 bridgehead atoms. The Kier molecular flexibility index (Phi) is 6.90. The molecule has 2 aliphatic rings. The molecule has 1 aromatic carbocycles. The second kappa shape index (κ2) is 9.22. The lowest BCUT2D eigenvalue weighted by Gasteiger charge is -2.50. The fraction of sp³-hybridized carbons (Fsp3) is 0.619. The molecule has 8 heteroatoms. The molecule has 0 aliphatic carbocycles. The van der Waals surface area contributed by atoms with Crippen LogP contribution >= 0.6 is 11.6 Å². The molecule has 3 N–H and O–H groups in total. The molecular weight excluding hydrogens is 394 g/mol. The van der Waals surface area contributed by atoms with Gasteiger partial charge in [0.1, 0.15) is 11.8 Å². The number of hydrogen-bond donors (Lipinski definition) is 2. The van der Waals surface area contributed by atoms with Crippen molar-refractivity contribution in [1.29, 1.82) is 0 Å². The Morgan fingerprint density at radius 1 is 1.31 bits per heavy atom. The monoisotopic (exact) mass is 423 g/mol. The van der Waals surface area contributed by atoms with Gasteiger partial charge in [-0.1, -0.05) is 18.0 Å². The van der Waals surface area contributed by atoms with Gasteiger partial charge in [0.05, 0.1) is 30.0 Å². The van der Waals surface area contributed by atoms with Crippen LogP contribution < -0.4 is 15.8 Å². The van der Waals surface area contributed by atoms with E-state index in [2.05, 4.69) is 10.2 Å². The molecule has 2 saturated heterocycles. The Morgan fingerprint density at radius 2 is 1.97 bits per heavy atom. The summed E-state index contributed by atoms with van der Waals surface area (Å²) in [6.45, 7) is 4.13. The van der Waals surface area contributed by atoms with Gasteiger partial charge in [-0.2, -0.15) is 0 Å². The SMILES string of the molecule is CCOC(=O)C(C)N1C2CCCC1CC(NC(=O)c1cc(Cl)c(N)cc1OC)C2. The standard InChI is InChI=1S/C21H30ClN3O4/c1-4-29-21(27)12(2)25-14-6-5-7-15(25)9-13(8-14)24-20(26)16-10-17(22)18(23)11-19(16)28-3/h10-15H,4-9,23H2,1-3H3,(H,24,26). The van der Waals surface area contributed by atoms with Crippen molar-refractivity contribution in [1.82, 2.24) is 10.2 Å². The molecule has 3 atom stereocenters. The zero-order valence-electron chi connectivity index (χ0n) is 17.2. The van der Waals surface area contributed by atoms with E-state index >= 15 is 0 Å². The van der Waals surface area contributed by atoms with E-state index in [-0.39, 0.29) is 36.0 Å². The average Bonchev–Trinajstić information content (AvgIpc) is 2.68. The summed E-state index contributed by atoms with van der Waals surface area (Å²) in [5.41, 5.74) is 6.56. The zero-order chi connectivity index (χ0) is 21.1. The molecule has 2 aliphatic heterocycles. The Labute approximate surface area is 176 Å². The van der Waals surface area contributed by atoms with Gasteiger partial charge in [0.2, 0.25) is 0 Å². The lowest BCUT2D eigenvalue weighted by atomic mass is 9.80. The quantitative estimate of drug-likeness (QED) is 0.539. The van der Waals surface area contributed by atoms with Gasteiger partial charge in [0, 0.05) is 24.2 Å². The third kappa shape index (κ3) is 4.61. The highest BCUT2D eigenvalue weighted by molar-refractivity contribution is 6.33. The molecule has 3 unspecified atom stereocenters. The Bertz CT molecular complexity index is 759. The molecule has 0 spiro atoms. The Morgan fingerprint density at radius 3 is 2.55 bits per heavy atom. The van der Waals surface area contributed by atoms with Crippen LogP contribution in [0, 0.1) is 0 Å². The summed E-state index contributed by atoms with van der Waals surface area (Å²) in [4.78, 5) is 27.5. The largest absolute Gasteiger partial charge is 0.496 e. The predicted molar refractivity (Wildman–Crippen MR) is 112 cm³/mol. The highest BCUT2D eigenvalue weighted by Gasteiger charge is 2.43. The maximum Gasteiger partial charge on any atom is 0.323 e. The number of carbonyl (C=O) groups is 2. The molecular formula is C21H30ClN3O4. The number of hydrogen-bond acceptors (Lipinski definition) is 6. The second-order valence-electron chi connectivity index (χ2n) is 7.83. The summed E-state index contributed by atoms with van der Waals surface area (Å²) in [5, 5.41) is 3.46. The van der Waals surface area contributed by atoms with Crippen LogP contribution in [0.2, 0.25) is 5.02 Å². The number of esters is 1. The van der Waals surface area contributed by atoms with Crippen molar-refractivity contribution in [2.75, 3.05) is 19.5 Å². The minimum absolute atomic E-state index is 0.0319. The Hall–Kier alpha value is -1.99. The van der Waals surface area contributed by atoms with E-state index in [1.165, 1.54) is 7.11 Å². The number of amides is 1. The second-order valence-corrected chi connectivity index (χ2v) is 8.24. The number of nitrogens with two attached hydrogens (primary N) is 1. The Balaban J connectivity index is 1.71. The molecule has 2 fully saturated rings. The van der Waals surface area contributed by atoms with Gasteiger partial charge >= 0.3 is 5.97 Å². The van der Waals surface area contributed by atoms with Crippen LogP contribution in [0.4, 0.5) is 5.69 Å². The molecule has 0 radical (unpaired) electrons. The zero-order valence-corrected chi connectivity index (χ0v) is 18.0. The molecule has 0 aromatic heterocycles. The van der Waals surface area contributed by atoms with Gasteiger partial charge < -0.3 is 20.5 Å². The summed E-state index contributed by atoms with van der Waals surface area (Å²) >= 11 is 6.11. The normalized spacial score (nSPS) is 25.2. The van der Waals surface area contributed by atoms with Gasteiger partial charge in [0.15, 0.2) is 0 Å². The number of nitrogens with one attached hydrogen (secondary N) is 1. The van der Waals surface area contributed by atoms with Crippen molar-refractivity contribution in [3.8, 4) is 5.75 Å². The highest BCUT2D eigenvalue weighted by atomic mass is 35.5. The number of nitrogens with zero attached hydrogens (tertiary/aromatic N) is 1. The van der Waals surface area contributed by atoms with E-state index in [4.69, 9.17) is 26.8 Å². The fourth-order valence-electron chi connectivity index (χ4n) is 4.73. The molecule has 29 heavy (non-hydrogen) atoms. The van der Waals surface area contributed by atoms with Crippen LogP contribution in [-0.2, 0) is 9.53 Å². The van der Waals surface area contributed by atoms with E-state index in [0.29, 0.717) is 28.6 Å². The molecule has 1 aromatic rings. The van der Waals surface area contributed by atoms with Crippen LogP contribution in [0.25, 0.3) is 0 Å². The first-order valence-electron chi connectivity index (χ1n) is 10.2. The van der Waals surface area contributed by atoms with Crippen molar-refractivity contribution in [3.05, 3.63) is 22.7 Å². The van der Waals surface area contributed by atoms with Gasteiger partial charge in [-0.05, 0) is 45.6 Å². The fourth-order valence-corrected chi connectivity index (χ4v) is 4.89. The molecule has 1 amide bonds. The van der Waals surface area contributed by atoms with Gasteiger partial charge in [-0.15, -0.1) is 0 Å². The summed E-state index contributed by atoms with van der Waals surface area (Å²) in [5.74, 6) is 0.00446. The number of halogens is 1. The minimum atomic E-state index is -0.266. The summed E-state index contributed by atoms with van der Waals surface area (Å²) in [7, 11) is 1.50.